The van der Waals surface area contributed by atoms with Crippen molar-refractivity contribution in [3.05, 3.63) is 30.6 Å². The molecule has 1 fully saturated rings. The van der Waals surface area contributed by atoms with Gasteiger partial charge in [-0.1, -0.05) is 19.1 Å². The molecule has 6 nitrogen and oxygen atoms in total. The first-order valence-electron chi connectivity index (χ1n) is 9.08. The third kappa shape index (κ3) is 3.19. The molecular formula is C19H25N5O. The summed E-state index contributed by atoms with van der Waals surface area (Å²) in [5.41, 5.74) is 2.47. The van der Waals surface area contributed by atoms with E-state index in [-0.39, 0.29) is 0 Å². The Morgan fingerprint density at radius 2 is 1.96 bits per heavy atom. The number of hydrogen-bond donors (Lipinski definition) is 1. The number of para-hydroxylation sites is 1. The first-order valence-corrected chi connectivity index (χ1v) is 9.08. The van der Waals surface area contributed by atoms with Crippen LogP contribution in [0.3, 0.4) is 0 Å². The van der Waals surface area contributed by atoms with Crippen LogP contribution in [0.25, 0.3) is 22.1 Å². The zero-order chi connectivity index (χ0) is 17.2. The van der Waals surface area contributed by atoms with Gasteiger partial charge in [0.1, 0.15) is 17.4 Å². The summed E-state index contributed by atoms with van der Waals surface area (Å²) in [5, 5.41) is 4.50. The fraction of sp³-hybridized carbons (Fsp3) is 0.474. The average molecular weight is 339 g/mol. The SMILES string of the molecule is CCN1CCN(C(C)CNc2ncnc3c2oc2ccccc23)CC1. The number of fused-ring (bicyclic) bond motifs is 3. The molecule has 1 unspecified atom stereocenters. The maximum atomic E-state index is 5.98. The molecule has 0 amide bonds. The molecule has 25 heavy (non-hydrogen) atoms. The van der Waals surface area contributed by atoms with E-state index in [1.165, 1.54) is 0 Å². The molecule has 1 saturated heterocycles. The molecule has 1 aliphatic heterocycles. The lowest BCUT2D eigenvalue weighted by Gasteiger charge is -2.37. The molecule has 1 atom stereocenters. The van der Waals surface area contributed by atoms with Crippen molar-refractivity contribution >= 4 is 27.9 Å². The van der Waals surface area contributed by atoms with Crippen LogP contribution in [0.1, 0.15) is 13.8 Å². The number of aromatic nitrogens is 2. The fourth-order valence-electron chi connectivity index (χ4n) is 3.54. The third-order valence-electron chi connectivity index (χ3n) is 5.20. The second kappa shape index (κ2) is 6.98. The van der Waals surface area contributed by atoms with Crippen molar-refractivity contribution in [3.8, 4) is 0 Å². The molecule has 0 saturated carbocycles. The van der Waals surface area contributed by atoms with E-state index >= 15 is 0 Å². The molecule has 0 aliphatic carbocycles. The van der Waals surface area contributed by atoms with E-state index in [0.717, 1.165) is 67.2 Å². The molecule has 3 heterocycles. The lowest BCUT2D eigenvalue weighted by molar-refractivity contribution is 0.110. The second-order valence-electron chi connectivity index (χ2n) is 6.70. The minimum Gasteiger partial charge on any atom is -0.450 e. The van der Waals surface area contributed by atoms with Gasteiger partial charge < -0.3 is 14.6 Å². The first-order chi connectivity index (χ1) is 12.3. The predicted molar refractivity (Wildman–Crippen MR) is 101 cm³/mol. The van der Waals surface area contributed by atoms with E-state index < -0.39 is 0 Å². The molecule has 0 radical (unpaired) electrons. The Morgan fingerprint density at radius 3 is 2.76 bits per heavy atom. The van der Waals surface area contributed by atoms with Gasteiger partial charge in [-0.25, -0.2) is 9.97 Å². The summed E-state index contributed by atoms with van der Waals surface area (Å²) in [5.74, 6) is 0.778. The van der Waals surface area contributed by atoms with Gasteiger partial charge in [0.2, 0.25) is 0 Å². The van der Waals surface area contributed by atoms with Crippen LogP contribution < -0.4 is 5.32 Å². The van der Waals surface area contributed by atoms with Crippen LogP contribution in [0.15, 0.2) is 35.0 Å². The summed E-state index contributed by atoms with van der Waals surface area (Å²) in [6.07, 6.45) is 1.61. The van der Waals surface area contributed by atoms with Crippen molar-refractivity contribution in [3.63, 3.8) is 0 Å². The molecule has 1 aromatic carbocycles. The van der Waals surface area contributed by atoms with Gasteiger partial charge in [-0.15, -0.1) is 0 Å². The van der Waals surface area contributed by atoms with Crippen LogP contribution in [0.5, 0.6) is 0 Å². The average Bonchev–Trinajstić information content (AvgIpc) is 3.05. The minimum atomic E-state index is 0.452. The normalized spacial score (nSPS) is 18.0. The highest BCUT2D eigenvalue weighted by Crippen LogP contribution is 2.30. The van der Waals surface area contributed by atoms with Gasteiger partial charge in [-0.05, 0) is 25.6 Å². The summed E-state index contributed by atoms with van der Waals surface area (Å²) in [4.78, 5) is 13.8. The molecule has 4 rings (SSSR count). The van der Waals surface area contributed by atoms with E-state index in [2.05, 4.69) is 38.9 Å². The number of piperazine rings is 1. The van der Waals surface area contributed by atoms with Crippen LogP contribution >= 0.6 is 0 Å². The number of likely N-dealkylation sites (N-methyl/N-ethyl adjacent to an activating group) is 1. The van der Waals surface area contributed by atoms with Gasteiger partial charge in [0.05, 0.1) is 0 Å². The van der Waals surface area contributed by atoms with Crippen molar-refractivity contribution in [2.24, 2.45) is 0 Å². The molecule has 132 valence electrons. The maximum absolute atomic E-state index is 5.98. The molecule has 0 bridgehead atoms. The largest absolute Gasteiger partial charge is 0.450 e. The van der Waals surface area contributed by atoms with E-state index in [9.17, 15) is 0 Å². The molecular weight excluding hydrogens is 314 g/mol. The van der Waals surface area contributed by atoms with E-state index in [1.807, 2.05) is 24.3 Å². The standard InChI is InChI=1S/C19H25N5O/c1-3-23-8-10-24(11-9-23)14(2)12-20-19-18-17(21-13-22-19)15-6-4-5-7-16(15)25-18/h4-7,13-14H,3,8-12H2,1-2H3,(H,20,21,22). The van der Waals surface area contributed by atoms with Gasteiger partial charge in [0.15, 0.2) is 11.4 Å². The van der Waals surface area contributed by atoms with Crippen LogP contribution in [-0.4, -0.2) is 65.1 Å². The number of furan rings is 1. The third-order valence-corrected chi connectivity index (χ3v) is 5.20. The Bertz CT molecular complexity index is 853. The molecule has 1 aliphatic rings. The summed E-state index contributed by atoms with van der Waals surface area (Å²) in [7, 11) is 0. The Morgan fingerprint density at radius 1 is 1.16 bits per heavy atom. The number of hydrogen-bond acceptors (Lipinski definition) is 6. The molecule has 0 spiro atoms. The van der Waals surface area contributed by atoms with Crippen LogP contribution in [-0.2, 0) is 0 Å². The lowest BCUT2D eigenvalue weighted by atomic mass is 10.2. The second-order valence-corrected chi connectivity index (χ2v) is 6.70. The highest BCUT2D eigenvalue weighted by Gasteiger charge is 2.20. The van der Waals surface area contributed by atoms with Gasteiger partial charge >= 0.3 is 0 Å². The molecule has 1 N–H and O–H groups in total. The number of nitrogens with zero attached hydrogens (tertiary/aromatic N) is 4. The van der Waals surface area contributed by atoms with Crippen molar-refractivity contribution in [2.75, 3.05) is 44.6 Å². The van der Waals surface area contributed by atoms with Gasteiger partial charge in [-0.3, -0.25) is 4.90 Å². The summed E-state index contributed by atoms with van der Waals surface area (Å²) in [6.45, 7) is 11.0. The smallest absolute Gasteiger partial charge is 0.196 e. The Hall–Kier alpha value is -2.18. The lowest BCUT2D eigenvalue weighted by Crippen LogP contribution is -2.51. The van der Waals surface area contributed by atoms with Crippen LogP contribution in [0.4, 0.5) is 5.82 Å². The van der Waals surface area contributed by atoms with Crippen molar-refractivity contribution in [1.82, 2.24) is 19.8 Å². The number of nitrogens with one attached hydrogen (secondary N) is 1. The van der Waals surface area contributed by atoms with Gasteiger partial charge in [0, 0.05) is 44.2 Å². The summed E-state index contributed by atoms with van der Waals surface area (Å²) >= 11 is 0. The monoisotopic (exact) mass is 339 g/mol. The van der Waals surface area contributed by atoms with Gasteiger partial charge in [-0.2, -0.15) is 0 Å². The van der Waals surface area contributed by atoms with Crippen molar-refractivity contribution < 1.29 is 4.42 Å². The Kier molecular flexibility index (Phi) is 4.55. The predicted octanol–water partition coefficient (Wildman–Crippen LogP) is 2.81. The van der Waals surface area contributed by atoms with Crippen molar-refractivity contribution in [1.29, 1.82) is 0 Å². The zero-order valence-corrected chi connectivity index (χ0v) is 14.9. The highest BCUT2D eigenvalue weighted by molar-refractivity contribution is 6.05. The zero-order valence-electron chi connectivity index (χ0n) is 14.9. The topological polar surface area (TPSA) is 57.4 Å². The van der Waals surface area contributed by atoms with E-state index in [1.54, 1.807) is 6.33 Å². The Labute approximate surface area is 147 Å². The van der Waals surface area contributed by atoms with Crippen molar-refractivity contribution in [2.45, 2.75) is 19.9 Å². The molecule has 2 aromatic heterocycles. The maximum Gasteiger partial charge on any atom is 0.196 e. The van der Waals surface area contributed by atoms with Crippen LogP contribution in [0, 0.1) is 0 Å². The number of anilines is 1. The van der Waals surface area contributed by atoms with E-state index in [4.69, 9.17) is 4.42 Å². The van der Waals surface area contributed by atoms with E-state index in [0.29, 0.717) is 6.04 Å². The minimum absolute atomic E-state index is 0.452. The fourth-order valence-corrected chi connectivity index (χ4v) is 3.54. The molecule has 3 aromatic rings. The van der Waals surface area contributed by atoms with Crippen LogP contribution in [0.2, 0.25) is 0 Å². The van der Waals surface area contributed by atoms with Gasteiger partial charge in [0.25, 0.3) is 0 Å². The number of rotatable bonds is 5. The quantitative estimate of drug-likeness (QED) is 0.771. The first kappa shape index (κ1) is 16.3. The highest BCUT2D eigenvalue weighted by atomic mass is 16.3. The summed E-state index contributed by atoms with van der Waals surface area (Å²) in [6, 6.07) is 8.44. The Balaban J connectivity index is 1.48. The summed E-state index contributed by atoms with van der Waals surface area (Å²) < 4.78 is 5.98. The molecule has 6 heteroatoms. The number of benzene rings is 1.